The molecule has 0 radical (unpaired) electrons. The van der Waals surface area contributed by atoms with E-state index in [1.54, 1.807) is 14.1 Å². The number of alkyl halides is 3. The summed E-state index contributed by atoms with van der Waals surface area (Å²) in [5.74, 6) is -0.696. The zero-order valence-electron chi connectivity index (χ0n) is 12.9. The van der Waals surface area contributed by atoms with E-state index in [0.717, 1.165) is 6.07 Å². The Bertz CT molecular complexity index is 562. The molecule has 2 N–H and O–H groups in total. The summed E-state index contributed by atoms with van der Waals surface area (Å²) < 4.78 is 40.8. The van der Waals surface area contributed by atoms with Crippen molar-refractivity contribution < 1.29 is 27.5 Å². The van der Waals surface area contributed by atoms with Gasteiger partial charge in [-0.2, -0.15) is 0 Å². The van der Waals surface area contributed by atoms with Crippen LogP contribution >= 0.6 is 0 Å². The molecule has 0 aromatic heterocycles. The van der Waals surface area contributed by atoms with Gasteiger partial charge in [0.15, 0.2) is 0 Å². The maximum Gasteiger partial charge on any atom is 0.573 e. The Kier molecular flexibility index (Phi) is 6.23. The van der Waals surface area contributed by atoms with E-state index in [1.807, 2.05) is 0 Å². The van der Waals surface area contributed by atoms with Crippen molar-refractivity contribution in [1.29, 1.82) is 0 Å². The number of urea groups is 1. The van der Waals surface area contributed by atoms with Gasteiger partial charge in [0.1, 0.15) is 11.8 Å². The predicted octanol–water partition coefficient (Wildman–Crippen LogP) is 1.86. The molecule has 6 nitrogen and oxygen atoms in total. The zero-order valence-corrected chi connectivity index (χ0v) is 12.9. The Hall–Kier alpha value is -2.45. The molecule has 3 amide bonds. The van der Waals surface area contributed by atoms with Crippen LogP contribution in [-0.4, -0.2) is 43.3 Å². The van der Waals surface area contributed by atoms with Crippen LogP contribution in [0.2, 0.25) is 0 Å². The van der Waals surface area contributed by atoms with Crippen molar-refractivity contribution in [2.45, 2.75) is 25.9 Å². The van der Waals surface area contributed by atoms with E-state index in [0.29, 0.717) is 0 Å². The summed E-state index contributed by atoms with van der Waals surface area (Å²) in [7, 11) is 3.09. The molecule has 1 aromatic rings. The lowest BCUT2D eigenvalue weighted by atomic mass is 10.2. The second-order valence-corrected chi connectivity index (χ2v) is 4.94. The fraction of sp³-hybridized carbons (Fsp3) is 0.429. The van der Waals surface area contributed by atoms with Crippen molar-refractivity contribution in [3.05, 3.63) is 29.8 Å². The normalized spacial score (nSPS) is 12.3. The Morgan fingerprint density at radius 2 is 1.87 bits per heavy atom. The van der Waals surface area contributed by atoms with E-state index in [1.165, 1.54) is 30.0 Å². The van der Waals surface area contributed by atoms with E-state index in [-0.39, 0.29) is 18.0 Å². The molecule has 1 rings (SSSR count). The van der Waals surface area contributed by atoms with E-state index in [9.17, 15) is 22.8 Å². The first-order valence-electron chi connectivity index (χ1n) is 6.69. The number of carbonyl (C=O) groups excluding carboxylic acids is 2. The molecule has 0 spiro atoms. The average molecular weight is 333 g/mol. The van der Waals surface area contributed by atoms with Gasteiger partial charge >= 0.3 is 12.4 Å². The van der Waals surface area contributed by atoms with Gasteiger partial charge in [-0.05, 0) is 13.0 Å². The lowest BCUT2D eigenvalue weighted by molar-refractivity contribution is -0.274. The molecule has 0 aliphatic carbocycles. The zero-order chi connectivity index (χ0) is 17.6. The number of hydrogen-bond donors (Lipinski definition) is 2. The highest BCUT2D eigenvalue weighted by Crippen LogP contribution is 2.25. The summed E-state index contributed by atoms with van der Waals surface area (Å²) in [4.78, 5) is 24.6. The highest BCUT2D eigenvalue weighted by atomic mass is 19.4. The quantitative estimate of drug-likeness (QED) is 0.864. The number of amides is 3. The van der Waals surface area contributed by atoms with Crippen molar-refractivity contribution in [3.8, 4) is 5.75 Å². The largest absolute Gasteiger partial charge is 0.573 e. The van der Waals surface area contributed by atoms with Gasteiger partial charge in [-0.25, -0.2) is 4.79 Å². The molecule has 0 fully saturated rings. The molecule has 0 heterocycles. The van der Waals surface area contributed by atoms with Crippen molar-refractivity contribution in [2.24, 2.45) is 0 Å². The first-order valence-corrected chi connectivity index (χ1v) is 6.69. The number of carbonyl (C=O) groups is 2. The van der Waals surface area contributed by atoms with E-state index < -0.39 is 24.2 Å². The maximum absolute atomic E-state index is 12.3. The number of benzene rings is 1. The molecule has 128 valence electrons. The second kappa shape index (κ2) is 7.70. The monoisotopic (exact) mass is 333 g/mol. The van der Waals surface area contributed by atoms with Crippen LogP contribution in [0.5, 0.6) is 5.75 Å². The van der Waals surface area contributed by atoms with Crippen LogP contribution in [0.3, 0.4) is 0 Å². The fourth-order valence-corrected chi connectivity index (χ4v) is 1.75. The minimum atomic E-state index is -4.81. The smallest absolute Gasteiger partial charge is 0.405 e. The van der Waals surface area contributed by atoms with Gasteiger partial charge in [0.05, 0.1) is 0 Å². The van der Waals surface area contributed by atoms with Crippen LogP contribution < -0.4 is 15.4 Å². The van der Waals surface area contributed by atoms with Crippen LogP contribution in [0.15, 0.2) is 24.3 Å². The molecule has 0 aliphatic heterocycles. The fourth-order valence-electron chi connectivity index (χ4n) is 1.75. The molecule has 9 heteroatoms. The standard InChI is InChI=1S/C14H18F3N3O3/c1-9(12(21)20(2)3)19-13(22)18-8-10-6-4-5-7-11(10)23-14(15,16)17/h4-7,9H,8H2,1-3H3,(H2,18,19,22). The van der Waals surface area contributed by atoms with Crippen molar-refractivity contribution in [2.75, 3.05) is 14.1 Å². The van der Waals surface area contributed by atoms with E-state index in [4.69, 9.17) is 0 Å². The number of hydrogen-bond acceptors (Lipinski definition) is 3. The number of halogens is 3. The van der Waals surface area contributed by atoms with Crippen LogP contribution in [0.25, 0.3) is 0 Å². The van der Waals surface area contributed by atoms with Crippen molar-refractivity contribution >= 4 is 11.9 Å². The van der Waals surface area contributed by atoms with Gasteiger partial charge in [0.25, 0.3) is 0 Å². The number of likely N-dealkylation sites (N-methyl/N-ethyl adjacent to an activating group) is 1. The maximum atomic E-state index is 12.3. The Labute approximate surface area is 131 Å². The third-order valence-electron chi connectivity index (χ3n) is 2.80. The summed E-state index contributed by atoms with van der Waals surface area (Å²) in [5, 5.41) is 4.78. The Morgan fingerprint density at radius 1 is 1.26 bits per heavy atom. The van der Waals surface area contributed by atoms with Crippen LogP contribution in [-0.2, 0) is 11.3 Å². The van der Waals surface area contributed by atoms with Gasteiger partial charge in [0.2, 0.25) is 5.91 Å². The lowest BCUT2D eigenvalue weighted by Crippen LogP contribution is -2.47. The van der Waals surface area contributed by atoms with Crippen molar-refractivity contribution in [3.63, 3.8) is 0 Å². The van der Waals surface area contributed by atoms with Gasteiger partial charge in [-0.3, -0.25) is 4.79 Å². The van der Waals surface area contributed by atoms with Gasteiger partial charge in [-0.1, -0.05) is 18.2 Å². The van der Waals surface area contributed by atoms with E-state index >= 15 is 0 Å². The Balaban J connectivity index is 2.61. The molecule has 1 unspecified atom stereocenters. The SMILES string of the molecule is CC(NC(=O)NCc1ccccc1OC(F)(F)F)C(=O)N(C)C. The topological polar surface area (TPSA) is 70.7 Å². The summed E-state index contributed by atoms with van der Waals surface area (Å²) in [5.41, 5.74) is 0.159. The van der Waals surface area contributed by atoms with Crippen molar-refractivity contribution in [1.82, 2.24) is 15.5 Å². The number of nitrogens with zero attached hydrogens (tertiary/aromatic N) is 1. The minimum absolute atomic E-state index is 0.159. The number of nitrogens with one attached hydrogen (secondary N) is 2. The van der Waals surface area contributed by atoms with Gasteiger partial charge < -0.3 is 20.3 Å². The molecule has 0 bridgehead atoms. The minimum Gasteiger partial charge on any atom is -0.405 e. The van der Waals surface area contributed by atoms with Crippen LogP contribution in [0.4, 0.5) is 18.0 Å². The highest BCUT2D eigenvalue weighted by molar-refractivity contribution is 5.86. The summed E-state index contributed by atoms with van der Waals surface area (Å²) >= 11 is 0. The van der Waals surface area contributed by atoms with Gasteiger partial charge in [0, 0.05) is 26.2 Å². The highest BCUT2D eigenvalue weighted by Gasteiger charge is 2.32. The second-order valence-electron chi connectivity index (χ2n) is 4.94. The lowest BCUT2D eigenvalue weighted by Gasteiger charge is -2.18. The van der Waals surface area contributed by atoms with Crippen LogP contribution in [0.1, 0.15) is 12.5 Å². The number of rotatable bonds is 5. The molecule has 1 atom stereocenters. The molecule has 0 saturated heterocycles. The first kappa shape index (κ1) is 18.6. The molecular weight excluding hydrogens is 315 g/mol. The van der Waals surface area contributed by atoms with Crippen LogP contribution in [0, 0.1) is 0 Å². The van der Waals surface area contributed by atoms with Gasteiger partial charge in [-0.15, -0.1) is 13.2 Å². The molecule has 0 aliphatic rings. The first-order chi connectivity index (χ1) is 10.6. The summed E-state index contributed by atoms with van der Waals surface area (Å²) in [6, 6.07) is 4.04. The summed E-state index contributed by atoms with van der Waals surface area (Å²) in [6.45, 7) is 1.32. The number of para-hydroxylation sites is 1. The average Bonchev–Trinajstić information content (AvgIpc) is 2.43. The third kappa shape index (κ3) is 6.45. The Morgan fingerprint density at radius 3 is 2.43 bits per heavy atom. The number of ether oxygens (including phenoxy) is 1. The summed E-state index contributed by atoms with van der Waals surface area (Å²) in [6.07, 6.45) is -4.81. The third-order valence-corrected chi connectivity index (χ3v) is 2.80. The molecule has 23 heavy (non-hydrogen) atoms. The predicted molar refractivity (Wildman–Crippen MR) is 76.7 cm³/mol. The molecule has 0 saturated carbocycles. The molecular formula is C14H18F3N3O3. The van der Waals surface area contributed by atoms with E-state index in [2.05, 4.69) is 15.4 Å². The molecule has 1 aromatic carbocycles.